The average molecular weight is 305 g/mol. The van der Waals surface area contributed by atoms with Crippen LogP contribution < -0.4 is 5.32 Å². The number of benzene rings is 1. The van der Waals surface area contributed by atoms with E-state index in [0.717, 1.165) is 37.8 Å². The summed E-state index contributed by atoms with van der Waals surface area (Å²) in [6, 6.07) is 6.18. The summed E-state index contributed by atoms with van der Waals surface area (Å²) in [5.41, 5.74) is 1.82. The summed E-state index contributed by atoms with van der Waals surface area (Å²) >= 11 is 0. The van der Waals surface area contributed by atoms with E-state index in [9.17, 15) is 10.1 Å². The molecule has 0 spiro atoms. The fourth-order valence-electron chi connectivity index (χ4n) is 2.98. The van der Waals surface area contributed by atoms with E-state index in [4.69, 9.17) is 4.74 Å². The van der Waals surface area contributed by atoms with Crippen molar-refractivity contribution < 1.29 is 9.66 Å². The molecular weight excluding hydrogens is 282 g/mol. The third-order valence-corrected chi connectivity index (χ3v) is 4.40. The quantitative estimate of drug-likeness (QED) is 0.642. The van der Waals surface area contributed by atoms with Crippen molar-refractivity contribution in [2.75, 3.05) is 26.2 Å². The number of ether oxygens (including phenoxy) is 1. The van der Waals surface area contributed by atoms with Crippen LogP contribution in [0.1, 0.15) is 24.0 Å². The van der Waals surface area contributed by atoms with Crippen LogP contribution in [-0.4, -0.2) is 48.2 Å². The van der Waals surface area contributed by atoms with Gasteiger partial charge in [0.25, 0.3) is 5.69 Å². The van der Waals surface area contributed by atoms with Crippen LogP contribution in [0, 0.1) is 17.0 Å². The number of morpholine rings is 1. The van der Waals surface area contributed by atoms with E-state index < -0.39 is 0 Å². The number of hydrogen-bond acceptors (Lipinski definition) is 5. The third kappa shape index (κ3) is 3.82. The summed E-state index contributed by atoms with van der Waals surface area (Å²) in [6.45, 7) is 6.02. The molecule has 1 unspecified atom stereocenters. The predicted octanol–water partition coefficient (Wildman–Crippen LogP) is 1.86. The van der Waals surface area contributed by atoms with Crippen molar-refractivity contribution >= 4 is 5.69 Å². The van der Waals surface area contributed by atoms with Gasteiger partial charge < -0.3 is 10.1 Å². The second-order valence-electron chi connectivity index (χ2n) is 6.23. The first-order chi connectivity index (χ1) is 10.6. The predicted molar refractivity (Wildman–Crippen MR) is 83.9 cm³/mol. The third-order valence-electron chi connectivity index (χ3n) is 4.40. The highest BCUT2D eigenvalue weighted by atomic mass is 16.6. The van der Waals surface area contributed by atoms with Gasteiger partial charge in [-0.25, -0.2) is 0 Å². The summed E-state index contributed by atoms with van der Waals surface area (Å²) in [5, 5.41) is 14.3. The normalized spacial score (nSPS) is 22.7. The van der Waals surface area contributed by atoms with Crippen molar-refractivity contribution in [1.82, 2.24) is 10.2 Å². The van der Waals surface area contributed by atoms with Gasteiger partial charge in [0.15, 0.2) is 0 Å². The van der Waals surface area contributed by atoms with Gasteiger partial charge in [-0.05, 0) is 25.3 Å². The summed E-state index contributed by atoms with van der Waals surface area (Å²) in [7, 11) is 0. The Bertz CT molecular complexity index is 545. The van der Waals surface area contributed by atoms with Crippen LogP contribution in [0.2, 0.25) is 0 Å². The summed E-state index contributed by atoms with van der Waals surface area (Å²) < 4.78 is 5.79. The maximum absolute atomic E-state index is 11.0. The molecule has 22 heavy (non-hydrogen) atoms. The van der Waals surface area contributed by atoms with Crippen LogP contribution in [-0.2, 0) is 11.3 Å². The molecule has 2 aliphatic rings. The topological polar surface area (TPSA) is 67.6 Å². The molecule has 0 aromatic heterocycles. The number of nitro groups is 1. The number of rotatable bonds is 6. The Hall–Kier alpha value is -1.50. The maximum atomic E-state index is 11.0. The molecule has 0 amide bonds. The lowest BCUT2D eigenvalue weighted by Gasteiger charge is -2.33. The molecule has 1 saturated heterocycles. The van der Waals surface area contributed by atoms with Crippen LogP contribution in [0.3, 0.4) is 0 Å². The zero-order valence-electron chi connectivity index (χ0n) is 13.0. The first kappa shape index (κ1) is 15.4. The minimum Gasteiger partial charge on any atom is -0.374 e. The molecule has 1 aromatic rings. The average Bonchev–Trinajstić information content (AvgIpc) is 3.34. The molecule has 3 rings (SSSR count). The highest BCUT2D eigenvalue weighted by Crippen LogP contribution is 2.28. The van der Waals surface area contributed by atoms with Gasteiger partial charge in [-0.3, -0.25) is 15.0 Å². The Balaban J connectivity index is 1.48. The van der Waals surface area contributed by atoms with Gasteiger partial charge in [0, 0.05) is 43.9 Å². The van der Waals surface area contributed by atoms with Crippen molar-refractivity contribution in [3.63, 3.8) is 0 Å². The van der Waals surface area contributed by atoms with E-state index in [1.165, 1.54) is 12.8 Å². The van der Waals surface area contributed by atoms with E-state index >= 15 is 0 Å². The molecule has 1 N–H and O–H groups in total. The molecule has 0 radical (unpaired) electrons. The minimum atomic E-state index is -0.323. The van der Waals surface area contributed by atoms with Gasteiger partial charge in [0.1, 0.15) is 0 Å². The first-order valence-electron chi connectivity index (χ1n) is 7.94. The van der Waals surface area contributed by atoms with E-state index in [1.54, 1.807) is 19.1 Å². The molecule has 1 saturated carbocycles. The summed E-state index contributed by atoms with van der Waals surface area (Å²) in [6.07, 6.45) is 2.87. The first-order valence-corrected chi connectivity index (χ1v) is 7.94. The smallest absolute Gasteiger partial charge is 0.272 e. The number of nitrogens with zero attached hydrogens (tertiary/aromatic N) is 2. The van der Waals surface area contributed by atoms with Crippen LogP contribution in [0.4, 0.5) is 5.69 Å². The number of nitro benzene ring substituents is 1. The number of nitrogens with one attached hydrogen (secondary N) is 1. The molecule has 6 heteroatoms. The molecule has 1 atom stereocenters. The van der Waals surface area contributed by atoms with Gasteiger partial charge in [-0.1, -0.05) is 12.1 Å². The van der Waals surface area contributed by atoms with E-state index in [1.807, 2.05) is 6.07 Å². The largest absolute Gasteiger partial charge is 0.374 e. The molecule has 1 heterocycles. The van der Waals surface area contributed by atoms with Gasteiger partial charge >= 0.3 is 0 Å². The van der Waals surface area contributed by atoms with Crippen molar-refractivity contribution in [3.8, 4) is 0 Å². The van der Waals surface area contributed by atoms with Crippen LogP contribution in [0.5, 0.6) is 0 Å². The van der Waals surface area contributed by atoms with Gasteiger partial charge in [0.2, 0.25) is 0 Å². The van der Waals surface area contributed by atoms with E-state index in [2.05, 4.69) is 10.2 Å². The Labute approximate surface area is 130 Å². The van der Waals surface area contributed by atoms with E-state index in [-0.39, 0.29) is 16.7 Å². The Morgan fingerprint density at radius 1 is 1.45 bits per heavy atom. The molecule has 120 valence electrons. The molecule has 1 aliphatic heterocycles. The lowest BCUT2D eigenvalue weighted by molar-refractivity contribution is -0.385. The SMILES string of the molecule is Cc1ccc(CNCC2CN(C3CC3)CCO2)cc1[N+](=O)[O-]. The lowest BCUT2D eigenvalue weighted by Crippen LogP contribution is -2.47. The molecule has 2 fully saturated rings. The molecule has 6 nitrogen and oxygen atoms in total. The lowest BCUT2D eigenvalue weighted by atomic mass is 10.1. The second kappa shape index (κ2) is 6.73. The molecule has 1 aromatic carbocycles. The zero-order valence-corrected chi connectivity index (χ0v) is 13.0. The fourth-order valence-corrected chi connectivity index (χ4v) is 2.98. The Morgan fingerprint density at radius 2 is 2.27 bits per heavy atom. The Morgan fingerprint density at radius 3 is 3.00 bits per heavy atom. The number of hydrogen-bond donors (Lipinski definition) is 1. The summed E-state index contributed by atoms with van der Waals surface area (Å²) in [4.78, 5) is 13.2. The van der Waals surface area contributed by atoms with Crippen molar-refractivity contribution in [1.29, 1.82) is 0 Å². The van der Waals surface area contributed by atoms with Gasteiger partial charge in [-0.2, -0.15) is 0 Å². The zero-order chi connectivity index (χ0) is 15.5. The Kier molecular flexibility index (Phi) is 4.71. The second-order valence-corrected chi connectivity index (χ2v) is 6.23. The van der Waals surface area contributed by atoms with Gasteiger partial charge in [-0.15, -0.1) is 0 Å². The van der Waals surface area contributed by atoms with Crippen molar-refractivity contribution in [3.05, 3.63) is 39.4 Å². The maximum Gasteiger partial charge on any atom is 0.272 e. The molecule has 0 bridgehead atoms. The minimum absolute atomic E-state index is 0.188. The monoisotopic (exact) mass is 305 g/mol. The van der Waals surface area contributed by atoms with Crippen molar-refractivity contribution in [2.24, 2.45) is 0 Å². The van der Waals surface area contributed by atoms with Crippen LogP contribution in [0.15, 0.2) is 18.2 Å². The van der Waals surface area contributed by atoms with E-state index in [0.29, 0.717) is 12.1 Å². The summed E-state index contributed by atoms with van der Waals surface area (Å²) in [5.74, 6) is 0. The van der Waals surface area contributed by atoms with Gasteiger partial charge in [0.05, 0.1) is 17.6 Å². The van der Waals surface area contributed by atoms with Crippen molar-refractivity contribution in [2.45, 2.75) is 38.5 Å². The molecular formula is C16H23N3O3. The standard InChI is InChI=1S/C16H23N3O3/c1-12-2-3-13(8-16(12)19(20)21)9-17-10-15-11-18(6-7-22-15)14-4-5-14/h2-3,8,14-15,17H,4-7,9-11H2,1H3. The fraction of sp³-hybridized carbons (Fsp3) is 0.625. The molecule has 1 aliphatic carbocycles. The van der Waals surface area contributed by atoms with Crippen LogP contribution in [0.25, 0.3) is 0 Å². The highest BCUT2D eigenvalue weighted by Gasteiger charge is 2.32. The van der Waals surface area contributed by atoms with Crippen LogP contribution >= 0.6 is 0 Å². The highest BCUT2D eigenvalue weighted by molar-refractivity contribution is 5.42. The number of aryl methyl sites for hydroxylation is 1.